The number of nitrogens with zero attached hydrogens (tertiary/aromatic N) is 3. The number of hydrogen-bond acceptors (Lipinski definition) is 5. The van der Waals surface area contributed by atoms with Crippen LogP contribution in [0.4, 0.5) is 0 Å². The van der Waals surface area contributed by atoms with Crippen LogP contribution in [0.15, 0.2) is 30.3 Å². The highest BCUT2D eigenvalue weighted by Crippen LogP contribution is 2.31. The van der Waals surface area contributed by atoms with Gasteiger partial charge in [-0.05, 0) is 80.8 Å². The number of piperidine rings is 2. The number of fused-ring (bicyclic) bond motifs is 2. The van der Waals surface area contributed by atoms with E-state index in [1.807, 2.05) is 40.1 Å². The Hall–Kier alpha value is -2.87. The van der Waals surface area contributed by atoms with Crippen molar-refractivity contribution in [2.75, 3.05) is 39.8 Å². The predicted molar refractivity (Wildman–Crippen MR) is 130 cm³/mol. The van der Waals surface area contributed by atoms with Gasteiger partial charge in [0, 0.05) is 44.2 Å². The van der Waals surface area contributed by atoms with Gasteiger partial charge in [-0.2, -0.15) is 5.10 Å². The monoisotopic (exact) mass is 465 g/mol. The lowest BCUT2D eigenvalue weighted by atomic mass is 9.79. The molecule has 3 aliphatic heterocycles. The van der Waals surface area contributed by atoms with Gasteiger partial charge in [-0.15, -0.1) is 0 Å². The zero-order valence-corrected chi connectivity index (χ0v) is 20.0. The molecule has 2 amide bonds. The standard InChI is InChI=1S/C26H35N5O3/c1-34-21-9-7-19(8-10-21)23-14-24(29-28-23)26(33)31-16-18-13-20(17-31)22(27-15-18)5-4-6-25(32)30-11-2-3-12-30/h7-10,14,18,20,22,27H,2-6,11-13,15-17H2,1H3,(H,28,29)/t18?,20?,22-/m1/s1. The molecule has 2 bridgehead atoms. The first-order valence-electron chi connectivity index (χ1n) is 12.6. The number of carbonyl (C=O) groups excluding carboxylic acids is 2. The van der Waals surface area contributed by atoms with Crippen LogP contribution < -0.4 is 10.1 Å². The van der Waals surface area contributed by atoms with Crippen molar-refractivity contribution >= 4 is 11.8 Å². The van der Waals surface area contributed by atoms with Crippen LogP contribution in [0.5, 0.6) is 5.75 Å². The average molecular weight is 466 g/mol. The van der Waals surface area contributed by atoms with Gasteiger partial charge in [-0.25, -0.2) is 0 Å². The van der Waals surface area contributed by atoms with Crippen LogP contribution in [0, 0.1) is 11.8 Å². The molecule has 2 aromatic rings. The minimum atomic E-state index is 0.0202. The lowest BCUT2D eigenvalue weighted by Crippen LogP contribution is -2.57. The summed E-state index contributed by atoms with van der Waals surface area (Å²) in [5.41, 5.74) is 2.23. The van der Waals surface area contributed by atoms with E-state index in [-0.39, 0.29) is 5.91 Å². The third kappa shape index (κ3) is 4.97. The highest BCUT2D eigenvalue weighted by atomic mass is 16.5. The molecule has 3 fully saturated rings. The van der Waals surface area contributed by atoms with Gasteiger partial charge < -0.3 is 19.9 Å². The smallest absolute Gasteiger partial charge is 0.271 e. The lowest BCUT2D eigenvalue weighted by molar-refractivity contribution is -0.130. The normalized spacial score (nSPS) is 24.3. The summed E-state index contributed by atoms with van der Waals surface area (Å²) in [4.78, 5) is 29.7. The summed E-state index contributed by atoms with van der Waals surface area (Å²) < 4.78 is 5.22. The molecule has 8 heteroatoms. The van der Waals surface area contributed by atoms with Crippen LogP contribution in [0.2, 0.25) is 0 Å². The minimum Gasteiger partial charge on any atom is -0.497 e. The van der Waals surface area contributed by atoms with Crippen molar-refractivity contribution in [2.45, 2.75) is 44.6 Å². The first-order valence-corrected chi connectivity index (χ1v) is 12.6. The number of ether oxygens (including phenoxy) is 1. The molecule has 182 valence electrons. The first kappa shape index (κ1) is 22.9. The highest BCUT2D eigenvalue weighted by molar-refractivity contribution is 5.93. The largest absolute Gasteiger partial charge is 0.497 e. The van der Waals surface area contributed by atoms with Crippen molar-refractivity contribution < 1.29 is 14.3 Å². The molecular weight excluding hydrogens is 430 g/mol. The van der Waals surface area contributed by atoms with Crippen LogP contribution in [-0.4, -0.2) is 77.7 Å². The van der Waals surface area contributed by atoms with E-state index in [1.165, 1.54) is 0 Å². The Morgan fingerprint density at radius 1 is 1.12 bits per heavy atom. The maximum Gasteiger partial charge on any atom is 0.271 e. The second kappa shape index (κ2) is 10.2. The lowest BCUT2D eigenvalue weighted by Gasteiger charge is -2.46. The number of hydrogen-bond donors (Lipinski definition) is 2. The summed E-state index contributed by atoms with van der Waals surface area (Å²) in [6.45, 7) is 4.32. The summed E-state index contributed by atoms with van der Waals surface area (Å²) in [5.74, 6) is 2.03. The average Bonchev–Trinajstić information content (AvgIpc) is 3.58. The van der Waals surface area contributed by atoms with Gasteiger partial charge in [0.2, 0.25) is 5.91 Å². The number of benzene rings is 1. The number of carbonyl (C=O) groups is 2. The molecule has 0 radical (unpaired) electrons. The molecule has 1 aromatic carbocycles. The van der Waals surface area contributed by atoms with Gasteiger partial charge in [0.25, 0.3) is 5.91 Å². The zero-order valence-electron chi connectivity index (χ0n) is 20.0. The van der Waals surface area contributed by atoms with E-state index in [1.54, 1.807) is 7.11 Å². The molecule has 34 heavy (non-hydrogen) atoms. The number of methoxy groups -OCH3 is 1. The third-order valence-corrected chi connectivity index (χ3v) is 7.65. The van der Waals surface area contributed by atoms with Crippen LogP contribution in [0.25, 0.3) is 11.3 Å². The van der Waals surface area contributed by atoms with E-state index >= 15 is 0 Å². The Labute approximate surface area is 201 Å². The van der Waals surface area contributed by atoms with E-state index in [0.29, 0.717) is 35.9 Å². The molecule has 3 saturated heterocycles. The van der Waals surface area contributed by atoms with E-state index in [4.69, 9.17) is 4.74 Å². The number of rotatable bonds is 7. The molecule has 0 saturated carbocycles. The topological polar surface area (TPSA) is 90.6 Å². The van der Waals surface area contributed by atoms with Crippen molar-refractivity contribution in [3.05, 3.63) is 36.0 Å². The van der Waals surface area contributed by atoms with Crippen LogP contribution in [0.1, 0.15) is 49.0 Å². The molecule has 0 spiro atoms. The Morgan fingerprint density at radius 3 is 2.68 bits per heavy atom. The van der Waals surface area contributed by atoms with Crippen LogP contribution in [0.3, 0.4) is 0 Å². The summed E-state index contributed by atoms with van der Waals surface area (Å²) in [5, 5.41) is 11.0. The molecule has 3 atom stereocenters. The van der Waals surface area contributed by atoms with E-state index in [9.17, 15) is 9.59 Å². The SMILES string of the molecule is COc1ccc(-c2cc(C(=O)N3CC4CN[C@H](CCCC(=O)N5CCCC5)C(C4)C3)[nH]n2)cc1. The van der Waals surface area contributed by atoms with E-state index in [2.05, 4.69) is 15.5 Å². The fraction of sp³-hybridized carbons (Fsp3) is 0.577. The second-order valence-electron chi connectivity index (χ2n) is 9.96. The number of likely N-dealkylation sites (tertiary alicyclic amines) is 2. The molecule has 5 rings (SSSR count). The fourth-order valence-corrected chi connectivity index (χ4v) is 5.78. The maximum atomic E-state index is 13.3. The van der Waals surface area contributed by atoms with Crippen molar-refractivity contribution in [2.24, 2.45) is 11.8 Å². The number of amides is 2. The summed E-state index contributed by atoms with van der Waals surface area (Å²) in [7, 11) is 1.64. The van der Waals surface area contributed by atoms with Crippen molar-refractivity contribution in [3.63, 3.8) is 0 Å². The summed E-state index contributed by atoms with van der Waals surface area (Å²) in [6.07, 6.45) is 5.97. The van der Waals surface area contributed by atoms with E-state index < -0.39 is 0 Å². The van der Waals surface area contributed by atoms with Gasteiger partial charge in [0.15, 0.2) is 0 Å². The quantitative estimate of drug-likeness (QED) is 0.656. The number of aromatic nitrogens is 2. The molecule has 2 unspecified atom stereocenters. The van der Waals surface area contributed by atoms with Gasteiger partial charge in [0.1, 0.15) is 11.4 Å². The second-order valence-corrected chi connectivity index (χ2v) is 9.96. The van der Waals surface area contributed by atoms with Crippen LogP contribution in [-0.2, 0) is 4.79 Å². The maximum absolute atomic E-state index is 13.3. The van der Waals surface area contributed by atoms with Gasteiger partial charge in [-0.1, -0.05) is 0 Å². The number of aromatic amines is 1. The van der Waals surface area contributed by atoms with Gasteiger partial charge >= 0.3 is 0 Å². The number of H-pyrrole nitrogens is 1. The summed E-state index contributed by atoms with van der Waals surface area (Å²) >= 11 is 0. The number of nitrogens with one attached hydrogen (secondary N) is 2. The van der Waals surface area contributed by atoms with Gasteiger partial charge in [0.05, 0.1) is 12.8 Å². The Balaban J connectivity index is 1.17. The highest BCUT2D eigenvalue weighted by Gasteiger charge is 2.38. The van der Waals surface area contributed by atoms with Crippen molar-refractivity contribution in [1.82, 2.24) is 25.3 Å². The third-order valence-electron chi connectivity index (χ3n) is 7.65. The molecule has 0 aliphatic carbocycles. The zero-order chi connectivity index (χ0) is 23.5. The molecule has 1 aromatic heterocycles. The van der Waals surface area contributed by atoms with Crippen molar-refractivity contribution in [1.29, 1.82) is 0 Å². The Bertz CT molecular complexity index is 998. The molecular formula is C26H35N5O3. The van der Waals surface area contributed by atoms with Crippen LogP contribution >= 0.6 is 0 Å². The summed E-state index contributed by atoms with van der Waals surface area (Å²) in [6, 6.07) is 9.88. The molecule has 2 N–H and O–H groups in total. The van der Waals surface area contributed by atoms with Crippen molar-refractivity contribution in [3.8, 4) is 17.0 Å². The minimum absolute atomic E-state index is 0.0202. The molecule has 3 aliphatic rings. The van der Waals surface area contributed by atoms with E-state index in [0.717, 1.165) is 81.8 Å². The Morgan fingerprint density at radius 2 is 1.91 bits per heavy atom. The molecule has 4 heterocycles. The Kier molecular flexibility index (Phi) is 6.85. The first-order chi connectivity index (χ1) is 16.6. The fourth-order valence-electron chi connectivity index (χ4n) is 5.78. The predicted octanol–water partition coefficient (Wildman–Crippen LogP) is 2.93. The van der Waals surface area contributed by atoms with Gasteiger partial charge in [-0.3, -0.25) is 14.7 Å². The molecule has 8 nitrogen and oxygen atoms in total.